The first-order valence-electron chi connectivity index (χ1n) is 12.1. The van der Waals surface area contributed by atoms with Gasteiger partial charge >= 0.3 is 5.97 Å². The molecular formula is C30H29NO7. The van der Waals surface area contributed by atoms with Gasteiger partial charge in [0.1, 0.15) is 17.3 Å². The van der Waals surface area contributed by atoms with E-state index in [1.54, 1.807) is 54.6 Å². The molecule has 0 aromatic heterocycles. The minimum atomic E-state index is -0.950. The third kappa shape index (κ3) is 5.25. The van der Waals surface area contributed by atoms with E-state index in [0.717, 1.165) is 5.56 Å². The Bertz CT molecular complexity index is 1420. The van der Waals surface area contributed by atoms with Crippen LogP contribution in [0.1, 0.15) is 52.5 Å². The number of ketones is 1. The molecule has 8 nitrogen and oxygen atoms in total. The third-order valence-electron chi connectivity index (χ3n) is 6.26. The minimum absolute atomic E-state index is 0.0311. The maximum Gasteiger partial charge on any atom is 0.337 e. The highest BCUT2D eigenvalue weighted by Gasteiger charge is 2.46. The molecule has 196 valence electrons. The number of carbonyl (C=O) groups is 3. The summed E-state index contributed by atoms with van der Waals surface area (Å²) in [5.74, 6) is -1.81. The standard InChI is InChI=1S/C30H29NO7/c1-17(2)38-24-13-12-22(14-18(24)3)27(33)25-26(21-6-5-7-23(32)15-21)31(29(35)28(25)34)16-19-8-10-20(11-9-19)30(36)37-4/h5-15,17,26,32-33H,16H2,1-4H3/b27-25-. The molecule has 1 amide bonds. The molecule has 38 heavy (non-hydrogen) atoms. The first-order valence-corrected chi connectivity index (χ1v) is 12.1. The van der Waals surface area contributed by atoms with Gasteiger partial charge in [-0.05, 0) is 79.9 Å². The molecule has 1 unspecified atom stereocenters. The Labute approximate surface area is 220 Å². The normalized spacial score (nSPS) is 16.7. The lowest BCUT2D eigenvalue weighted by Gasteiger charge is -2.25. The van der Waals surface area contributed by atoms with Crippen LogP contribution < -0.4 is 4.74 Å². The van der Waals surface area contributed by atoms with Crippen molar-refractivity contribution >= 4 is 23.4 Å². The second-order valence-electron chi connectivity index (χ2n) is 9.36. The molecule has 0 bridgehead atoms. The van der Waals surface area contributed by atoms with Crippen LogP contribution in [0.15, 0.2) is 72.3 Å². The molecule has 1 heterocycles. The van der Waals surface area contributed by atoms with Gasteiger partial charge in [0.05, 0.1) is 30.4 Å². The summed E-state index contributed by atoms with van der Waals surface area (Å²) in [5.41, 5.74) is 2.52. The molecule has 1 aliphatic rings. The van der Waals surface area contributed by atoms with Crippen LogP contribution in [-0.2, 0) is 20.9 Å². The van der Waals surface area contributed by atoms with Crippen LogP contribution >= 0.6 is 0 Å². The molecule has 0 aliphatic carbocycles. The number of amides is 1. The molecule has 1 saturated heterocycles. The predicted molar refractivity (Wildman–Crippen MR) is 141 cm³/mol. The summed E-state index contributed by atoms with van der Waals surface area (Å²) in [7, 11) is 1.29. The number of Topliss-reactive ketones (excluding diaryl/α,β-unsaturated/α-hetero) is 1. The average molecular weight is 516 g/mol. The Hall–Kier alpha value is -4.59. The zero-order valence-electron chi connectivity index (χ0n) is 21.6. The van der Waals surface area contributed by atoms with E-state index in [2.05, 4.69) is 0 Å². The number of likely N-dealkylation sites (tertiary alicyclic amines) is 1. The summed E-state index contributed by atoms with van der Waals surface area (Å²) in [5, 5.41) is 21.5. The fraction of sp³-hybridized carbons (Fsp3) is 0.233. The van der Waals surface area contributed by atoms with Gasteiger partial charge in [-0.3, -0.25) is 9.59 Å². The summed E-state index contributed by atoms with van der Waals surface area (Å²) in [6.07, 6.45) is -0.0362. The summed E-state index contributed by atoms with van der Waals surface area (Å²) < 4.78 is 10.5. The number of ether oxygens (including phenoxy) is 2. The number of phenols is 1. The molecule has 0 spiro atoms. The van der Waals surface area contributed by atoms with E-state index in [0.29, 0.717) is 28.0 Å². The fourth-order valence-corrected chi connectivity index (χ4v) is 4.48. The Morgan fingerprint density at radius 2 is 1.68 bits per heavy atom. The smallest absolute Gasteiger partial charge is 0.337 e. The molecule has 1 atom stereocenters. The molecule has 0 radical (unpaired) electrons. The number of rotatable bonds is 7. The fourth-order valence-electron chi connectivity index (χ4n) is 4.48. The molecule has 1 aliphatic heterocycles. The van der Waals surface area contributed by atoms with Crippen molar-refractivity contribution < 1.29 is 34.1 Å². The summed E-state index contributed by atoms with van der Waals surface area (Å²) in [4.78, 5) is 39.7. The van der Waals surface area contributed by atoms with Gasteiger partial charge in [0.15, 0.2) is 0 Å². The number of hydrogen-bond acceptors (Lipinski definition) is 7. The lowest BCUT2D eigenvalue weighted by atomic mass is 9.94. The monoisotopic (exact) mass is 515 g/mol. The number of benzene rings is 3. The Kier molecular flexibility index (Phi) is 7.52. The SMILES string of the molecule is COC(=O)c1ccc(CN2C(=O)C(=O)/C(=C(\O)c3ccc(OC(C)C)c(C)c3)C2c2cccc(O)c2)cc1. The van der Waals surface area contributed by atoms with Crippen molar-refractivity contribution in [2.75, 3.05) is 7.11 Å². The highest BCUT2D eigenvalue weighted by molar-refractivity contribution is 6.46. The van der Waals surface area contributed by atoms with E-state index in [1.807, 2.05) is 20.8 Å². The molecule has 3 aromatic carbocycles. The van der Waals surface area contributed by atoms with E-state index in [9.17, 15) is 24.6 Å². The number of aliphatic hydroxyl groups excluding tert-OH is 1. The Morgan fingerprint density at radius 1 is 1.00 bits per heavy atom. The van der Waals surface area contributed by atoms with E-state index in [-0.39, 0.29) is 29.7 Å². The van der Waals surface area contributed by atoms with Crippen LogP contribution in [-0.4, -0.2) is 46.0 Å². The van der Waals surface area contributed by atoms with Gasteiger partial charge in [-0.15, -0.1) is 0 Å². The van der Waals surface area contributed by atoms with Crippen LogP contribution in [0.3, 0.4) is 0 Å². The Morgan fingerprint density at radius 3 is 2.29 bits per heavy atom. The van der Waals surface area contributed by atoms with Crippen molar-refractivity contribution in [3.05, 3.63) is 100 Å². The van der Waals surface area contributed by atoms with E-state index >= 15 is 0 Å². The Balaban J connectivity index is 1.79. The lowest BCUT2D eigenvalue weighted by Crippen LogP contribution is -2.29. The maximum absolute atomic E-state index is 13.3. The molecule has 0 saturated carbocycles. The largest absolute Gasteiger partial charge is 0.508 e. The number of aryl methyl sites for hydroxylation is 1. The minimum Gasteiger partial charge on any atom is -0.508 e. The second-order valence-corrected chi connectivity index (χ2v) is 9.36. The van der Waals surface area contributed by atoms with Gasteiger partial charge in [-0.1, -0.05) is 24.3 Å². The van der Waals surface area contributed by atoms with Crippen LogP contribution in [0.25, 0.3) is 5.76 Å². The summed E-state index contributed by atoms with van der Waals surface area (Å²) >= 11 is 0. The van der Waals surface area contributed by atoms with Crippen LogP contribution in [0.2, 0.25) is 0 Å². The number of methoxy groups -OCH3 is 1. The maximum atomic E-state index is 13.3. The van der Waals surface area contributed by atoms with Crippen molar-refractivity contribution in [3.63, 3.8) is 0 Å². The first-order chi connectivity index (χ1) is 18.1. The van der Waals surface area contributed by atoms with Gasteiger partial charge in [0, 0.05) is 12.1 Å². The van der Waals surface area contributed by atoms with Gasteiger partial charge < -0.3 is 24.6 Å². The second kappa shape index (κ2) is 10.8. The van der Waals surface area contributed by atoms with E-state index in [4.69, 9.17) is 9.47 Å². The average Bonchev–Trinajstić information content (AvgIpc) is 3.14. The van der Waals surface area contributed by atoms with Crippen molar-refractivity contribution in [2.45, 2.75) is 39.5 Å². The molecule has 2 N–H and O–H groups in total. The molecule has 8 heteroatoms. The quantitative estimate of drug-likeness (QED) is 0.199. The number of aliphatic hydroxyl groups is 1. The predicted octanol–water partition coefficient (Wildman–Crippen LogP) is 4.90. The highest BCUT2D eigenvalue weighted by atomic mass is 16.5. The van der Waals surface area contributed by atoms with Crippen LogP contribution in [0.4, 0.5) is 0 Å². The van der Waals surface area contributed by atoms with Crippen LogP contribution in [0.5, 0.6) is 11.5 Å². The van der Waals surface area contributed by atoms with Gasteiger partial charge in [0.2, 0.25) is 0 Å². The highest BCUT2D eigenvalue weighted by Crippen LogP contribution is 2.41. The van der Waals surface area contributed by atoms with E-state index < -0.39 is 23.7 Å². The number of hydrogen-bond donors (Lipinski definition) is 2. The first kappa shape index (κ1) is 26.5. The zero-order valence-corrected chi connectivity index (χ0v) is 21.6. The van der Waals surface area contributed by atoms with Gasteiger partial charge in [-0.2, -0.15) is 0 Å². The molecule has 1 fully saturated rings. The molecule has 3 aromatic rings. The number of carbonyl (C=O) groups excluding carboxylic acids is 3. The topological polar surface area (TPSA) is 113 Å². The molecular weight excluding hydrogens is 486 g/mol. The van der Waals surface area contributed by atoms with Crippen LogP contribution in [0, 0.1) is 6.92 Å². The van der Waals surface area contributed by atoms with Gasteiger partial charge in [-0.25, -0.2) is 4.79 Å². The van der Waals surface area contributed by atoms with Gasteiger partial charge in [0.25, 0.3) is 11.7 Å². The lowest BCUT2D eigenvalue weighted by molar-refractivity contribution is -0.140. The number of phenolic OH excluding ortho intramolecular Hbond substituents is 1. The van der Waals surface area contributed by atoms with Crippen molar-refractivity contribution in [1.29, 1.82) is 0 Å². The van der Waals surface area contributed by atoms with E-state index in [1.165, 1.54) is 24.1 Å². The van der Waals surface area contributed by atoms with Crippen molar-refractivity contribution in [3.8, 4) is 11.5 Å². The van der Waals surface area contributed by atoms with Crippen molar-refractivity contribution in [2.24, 2.45) is 0 Å². The summed E-state index contributed by atoms with van der Waals surface area (Å²) in [6.45, 7) is 5.68. The summed E-state index contributed by atoms with van der Waals surface area (Å²) in [6, 6.07) is 16.8. The number of nitrogens with zero attached hydrogens (tertiary/aromatic N) is 1. The molecule has 4 rings (SSSR count). The zero-order chi connectivity index (χ0) is 27.6. The number of aromatic hydroxyl groups is 1. The third-order valence-corrected chi connectivity index (χ3v) is 6.26. The van der Waals surface area contributed by atoms with Crippen molar-refractivity contribution in [1.82, 2.24) is 4.90 Å². The number of esters is 1.